The molecule has 2 aromatic heterocycles. The number of aromatic nitrogens is 3. The zero-order valence-electron chi connectivity index (χ0n) is 14.0. The smallest absolute Gasteiger partial charge is 0.433 e. The number of alkyl halides is 3. The van der Waals surface area contributed by atoms with Crippen molar-refractivity contribution in [1.29, 1.82) is 0 Å². The van der Waals surface area contributed by atoms with Crippen molar-refractivity contribution in [3.05, 3.63) is 68.7 Å². The molecule has 0 N–H and O–H groups in total. The Morgan fingerprint density at radius 2 is 1.81 bits per heavy atom. The summed E-state index contributed by atoms with van der Waals surface area (Å²) in [5.74, 6) is -0.639. The second kappa shape index (κ2) is 6.86. The Labute approximate surface area is 149 Å². The third-order valence-corrected chi connectivity index (χ3v) is 3.89. The molecule has 0 aliphatic heterocycles. The maximum absolute atomic E-state index is 13.5. The van der Waals surface area contributed by atoms with E-state index in [9.17, 15) is 27.2 Å². The van der Waals surface area contributed by atoms with Gasteiger partial charge in [-0.2, -0.15) is 13.2 Å². The van der Waals surface area contributed by atoms with Gasteiger partial charge >= 0.3 is 11.9 Å². The molecule has 0 radical (unpaired) electrons. The Balaban J connectivity index is 1.96. The van der Waals surface area contributed by atoms with Gasteiger partial charge in [0.05, 0.1) is 11.9 Å². The number of para-hydroxylation sites is 1. The van der Waals surface area contributed by atoms with Gasteiger partial charge in [0.1, 0.15) is 17.9 Å². The molecular weight excluding hydrogens is 370 g/mol. The van der Waals surface area contributed by atoms with Gasteiger partial charge in [-0.05, 0) is 24.3 Å². The Morgan fingerprint density at radius 1 is 1.11 bits per heavy atom. The van der Waals surface area contributed by atoms with E-state index in [1.165, 1.54) is 25.2 Å². The van der Waals surface area contributed by atoms with Crippen LogP contribution >= 0.6 is 0 Å². The summed E-state index contributed by atoms with van der Waals surface area (Å²) in [7, 11) is 1.21. The predicted octanol–water partition coefficient (Wildman–Crippen LogP) is 2.33. The van der Waals surface area contributed by atoms with Crippen molar-refractivity contribution in [1.82, 2.24) is 14.1 Å². The fourth-order valence-corrected chi connectivity index (χ4v) is 2.54. The number of hydrogen-bond acceptors (Lipinski definition) is 4. The normalized spacial score (nSPS) is 11.7. The molecule has 0 unspecified atom stereocenters. The number of pyridine rings is 1. The van der Waals surface area contributed by atoms with Crippen LogP contribution in [0.3, 0.4) is 0 Å². The molecule has 10 heteroatoms. The molecule has 0 atom stereocenters. The first-order valence-corrected chi connectivity index (χ1v) is 7.75. The van der Waals surface area contributed by atoms with Gasteiger partial charge in [0.25, 0.3) is 5.56 Å². The van der Waals surface area contributed by atoms with E-state index in [0.717, 1.165) is 15.2 Å². The lowest BCUT2D eigenvalue weighted by Crippen LogP contribution is -2.40. The van der Waals surface area contributed by atoms with Crippen LogP contribution in [-0.2, 0) is 19.8 Å². The summed E-state index contributed by atoms with van der Waals surface area (Å²) in [6.07, 6.45) is -4.70. The molecule has 0 saturated heterocycles. The predicted molar refractivity (Wildman–Crippen MR) is 88.1 cm³/mol. The van der Waals surface area contributed by atoms with Crippen LogP contribution in [0.1, 0.15) is 5.69 Å². The molecule has 3 rings (SSSR count). The van der Waals surface area contributed by atoms with Crippen LogP contribution in [0.15, 0.2) is 46.0 Å². The van der Waals surface area contributed by atoms with Crippen molar-refractivity contribution in [3.8, 4) is 5.75 Å². The van der Waals surface area contributed by atoms with E-state index < -0.39 is 28.9 Å². The van der Waals surface area contributed by atoms with Gasteiger partial charge in [-0.1, -0.05) is 12.1 Å². The van der Waals surface area contributed by atoms with Crippen LogP contribution < -0.4 is 16.0 Å². The van der Waals surface area contributed by atoms with Gasteiger partial charge in [-0.3, -0.25) is 13.9 Å². The van der Waals surface area contributed by atoms with E-state index in [4.69, 9.17) is 4.74 Å². The number of rotatable bonds is 4. The average Bonchev–Trinajstić information content (AvgIpc) is 2.63. The van der Waals surface area contributed by atoms with E-state index in [0.29, 0.717) is 6.07 Å². The third-order valence-electron chi connectivity index (χ3n) is 3.89. The van der Waals surface area contributed by atoms with Crippen LogP contribution in [-0.4, -0.2) is 20.7 Å². The Kier molecular flexibility index (Phi) is 4.73. The number of halogens is 4. The van der Waals surface area contributed by atoms with E-state index in [1.54, 1.807) is 6.07 Å². The van der Waals surface area contributed by atoms with Gasteiger partial charge in [0.15, 0.2) is 11.6 Å². The topological polar surface area (TPSA) is 66.1 Å². The van der Waals surface area contributed by atoms with Gasteiger partial charge in [0, 0.05) is 7.05 Å². The van der Waals surface area contributed by atoms with Gasteiger partial charge in [-0.15, -0.1) is 0 Å². The lowest BCUT2D eigenvalue weighted by atomic mass is 10.2. The number of ether oxygens (including phenoxy) is 1. The minimum atomic E-state index is -4.70. The van der Waals surface area contributed by atoms with Crippen molar-refractivity contribution in [2.45, 2.75) is 12.7 Å². The largest absolute Gasteiger partial charge is 0.489 e. The van der Waals surface area contributed by atoms with Crippen molar-refractivity contribution >= 4 is 11.0 Å². The van der Waals surface area contributed by atoms with Crippen molar-refractivity contribution < 1.29 is 22.3 Å². The first-order chi connectivity index (χ1) is 12.7. The summed E-state index contributed by atoms with van der Waals surface area (Å²) in [4.78, 5) is 28.2. The molecule has 3 aromatic rings. The minimum absolute atomic E-state index is 0.0420. The first-order valence-electron chi connectivity index (χ1n) is 7.75. The van der Waals surface area contributed by atoms with E-state index in [-0.39, 0.29) is 29.9 Å². The molecule has 0 saturated carbocycles. The fraction of sp³-hybridized carbons (Fsp3) is 0.235. The van der Waals surface area contributed by atoms with Gasteiger partial charge in [0.2, 0.25) is 0 Å². The van der Waals surface area contributed by atoms with Crippen LogP contribution in [0.4, 0.5) is 17.6 Å². The maximum Gasteiger partial charge on any atom is 0.433 e. The highest BCUT2D eigenvalue weighted by Crippen LogP contribution is 2.28. The lowest BCUT2D eigenvalue weighted by molar-refractivity contribution is -0.141. The van der Waals surface area contributed by atoms with Gasteiger partial charge < -0.3 is 4.74 Å². The Morgan fingerprint density at radius 3 is 2.48 bits per heavy atom. The van der Waals surface area contributed by atoms with E-state index >= 15 is 0 Å². The second-order valence-corrected chi connectivity index (χ2v) is 5.64. The second-order valence-electron chi connectivity index (χ2n) is 5.64. The number of benzene rings is 1. The third kappa shape index (κ3) is 3.55. The summed E-state index contributed by atoms with van der Waals surface area (Å²) in [6.45, 7) is -0.396. The molecule has 2 heterocycles. The van der Waals surface area contributed by atoms with Crippen LogP contribution in [0, 0.1) is 5.82 Å². The van der Waals surface area contributed by atoms with Crippen molar-refractivity contribution in [3.63, 3.8) is 0 Å². The minimum Gasteiger partial charge on any atom is -0.489 e. The van der Waals surface area contributed by atoms with E-state index in [1.807, 2.05) is 0 Å². The summed E-state index contributed by atoms with van der Waals surface area (Å²) >= 11 is 0. The molecule has 0 aliphatic carbocycles. The number of hydrogen-bond donors (Lipinski definition) is 0. The number of fused-ring (bicyclic) bond motifs is 1. The quantitative estimate of drug-likeness (QED) is 0.649. The molecule has 0 aliphatic rings. The first kappa shape index (κ1) is 18.6. The van der Waals surface area contributed by atoms with Crippen LogP contribution in [0.2, 0.25) is 0 Å². The zero-order chi connectivity index (χ0) is 19.8. The number of nitrogens with zero attached hydrogens (tertiary/aromatic N) is 3. The summed E-state index contributed by atoms with van der Waals surface area (Å²) < 4.78 is 58.8. The van der Waals surface area contributed by atoms with Crippen LogP contribution in [0.25, 0.3) is 11.0 Å². The standard InChI is InChI=1S/C17H13F4N3O3/c1-23-14-10(6-7-13(22-14)17(19,20)21)15(25)24(16(23)26)8-9-27-12-5-3-2-4-11(12)18/h2-7H,8-9H2,1H3. The highest BCUT2D eigenvalue weighted by molar-refractivity contribution is 5.74. The molecule has 27 heavy (non-hydrogen) atoms. The average molecular weight is 383 g/mol. The Hall–Kier alpha value is -3.17. The molecule has 0 amide bonds. The summed E-state index contributed by atoms with van der Waals surface area (Å²) in [5, 5.41) is -0.143. The van der Waals surface area contributed by atoms with E-state index in [2.05, 4.69) is 4.98 Å². The monoisotopic (exact) mass is 383 g/mol. The summed E-state index contributed by atoms with van der Waals surface area (Å²) in [6, 6.07) is 7.27. The summed E-state index contributed by atoms with van der Waals surface area (Å²) in [5.41, 5.74) is -3.22. The zero-order valence-corrected chi connectivity index (χ0v) is 14.0. The molecule has 0 bridgehead atoms. The molecule has 6 nitrogen and oxygen atoms in total. The number of aryl methyl sites for hydroxylation is 1. The highest BCUT2D eigenvalue weighted by atomic mass is 19.4. The van der Waals surface area contributed by atoms with Gasteiger partial charge in [-0.25, -0.2) is 14.2 Å². The molecule has 142 valence electrons. The fourth-order valence-electron chi connectivity index (χ4n) is 2.54. The van der Waals surface area contributed by atoms with Crippen LogP contribution in [0.5, 0.6) is 5.75 Å². The highest BCUT2D eigenvalue weighted by Gasteiger charge is 2.33. The molecular formula is C17H13F4N3O3. The van der Waals surface area contributed by atoms with Crippen molar-refractivity contribution in [2.24, 2.45) is 7.05 Å². The molecule has 1 aromatic carbocycles. The van der Waals surface area contributed by atoms with Crippen molar-refractivity contribution in [2.75, 3.05) is 6.61 Å². The maximum atomic E-state index is 13.5. The SMILES string of the molecule is Cn1c(=O)n(CCOc2ccccc2F)c(=O)c2ccc(C(F)(F)F)nc21. The Bertz CT molecular complexity index is 1120. The molecule has 0 fully saturated rings. The molecule has 0 spiro atoms. The lowest BCUT2D eigenvalue weighted by Gasteiger charge is -2.12.